The van der Waals surface area contributed by atoms with Crippen LogP contribution in [0.3, 0.4) is 0 Å². The molecule has 3 aromatic rings. The highest BCUT2D eigenvalue weighted by Gasteiger charge is 2.06. The Morgan fingerprint density at radius 1 is 1.10 bits per heavy atom. The summed E-state index contributed by atoms with van der Waals surface area (Å²) in [6, 6.07) is 15.6. The number of thiazole rings is 1. The molecular weight excluding hydrogens is 404 g/mol. The largest absolute Gasteiger partial charge is 0.497 e. The number of hydrogen-bond donors (Lipinski definition) is 1. The van der Waals surface area contributed by atoms with Crippen LogP contribution in [-0.2, 0) is 16.3 Å². The lowest BCUT2D eigenvalue weighted by Gasteiger charge is -2.08. The summed E-state index contributed by atoms with van der Waals surface area (Å²) >= 11 is 3.17. The lowest BCUT2D eigenvalue weighted by molar-refractivity contribution is -0.111. The van der Waals surface area contributed by atoms with Crippen molar-refractivity contribution >= 4 is 40.2 Å². The van der Waals surface area contributed by atoms with Crippen molar-refractivity contribution in [1.29, 1.82) is 0 Å². The fourth-order valence-electron chi connectivity index (χ4n) is 2.54. The average Bonchev–Trinajstić information content (AvgIpc) is 3.19. The zero-order valence-corrected chi connectivity index (χ0v) is 17.9. The van der Waals surface area contributed by atoms with Gasteiger partial charge < -0.3 is 9.47 Å². The molecule has 0 atom stereocenters. The second kappa shape index (κ2) is 10.7. The molecule has 0 saturated heterocycles. The standard InChI is InChI=1S/C22H22N2O3S2/c1-26-19-10-17(11-20(12-19)27-2)13-28-14-18-15-29-22(23-18)24-21(25)9-8-16-6-4-3-5-7-16/h3-12,15H,13-14H2,1-2H3,(H,23,24,25)/b9-8+. The number of benzene rings is 2. The van der Waals surface area contributed by atoms with E-state index in [1.165, 1.54) is 17.4 Å². The molecule has 0 radical (unpaired) electrons. The van der Waals surface area contributed by atoms with Gasteiger partial charge in [-0.2, -0.15) is 11.8 Å². The first-order valence-electron chi connectivity index (χ1n) is 8.94. The number of ether oxygens (including phenoxy) is 2. The summed E-state index contributed by atoms with van der Waals surface area (Å²) in [6.07, 6.45) is 3.30. The molecule has 150 valence electrons. The van der Waals surface area contributed by atoms with E-state index in [0.717, 1.165) is 39.8 Å². The Balaban J connectivity index is 1.49. The van der Waals surface area contributed by atoms with Crippen molar-refractivity contribution in [3.63, 3.8) is 0 Å². The second-order valence-electron chi connectivity index (χ2n) is 6.09. The number of rotatable bonds is 9. The molecule has 0 unspecified atom stereocenters. The topological polar surface area (TPSA) is 60.5 Å². The number of methoxy groups -OCH3 is 2. The van der Waals surface area contributed by atoms with Gasteiger partial charge in [-0.15, -0.1) is 11.3 Å². The van der Waals surface area contributed by atoms with Crippen LogP contribution in [0.4, 0.5) is 5.13 Å². The number of anilines is 1. The summed E-state index contributed by atoms with van der Waals surface area (Å²) in [4.78, 5) is 16.5. The van der Waals surface area contributed by atoms with Gasteiger partial charge in [0.2, 0.25) is 5.91 Å². The lowest BCUT2D eigenvalue weighted by atomic mass is 10.2. The Labute approximate surface area is 178 Å². The fraction of sp³-hybridized carbons (Fsp3) is 0.182. The van der Waals surface area contributed by atoms with Crippen LogP contribution in [0, 0.1) is 0 Å². The normalized spacial score (nSPS) is 10.8. The van der Waals surface area contributed by atoms with Crippen molar-refractivity contribution in [3.8, 4) is 11.5 Å². The Kier molecular flexibility index (Phi) is 7.72. The Morgan fingerprint density at radius 2 is 1.83 bits per heavy atom. The van der Waals surface area contributed by atoms with Gasteiger partial charge in [-0.1, -0.05) is 30.3 Å². The SMILES string of the molecule is COc1cc(CSCc2csc(NC(=O)/C=C/c3ccccc3)n2)cc(OC)c1. The maximum atomic E-state index is 12.1. The minimum atomic E-state index is -0.189. The summed E-state index contributed by atoms with van der Waals surface area (Å²) < 4.78 is 10.6. The first-order valence-corrected chi connectivity index (χ1v) is 11.0. The van der Waals surface area contributed by atoms with Crippen molar-refractivity contribution < 1.29 is 14.3 Å². The number of nitrogens with one attached hydrogen (secondary N) is 1. The molecule has 0 aliphatic rings. The Bertz CT molecular complexity index is 949. The van der Waals surface area contributed by atoms with Gasteiger partial charge in [-0.25, -0.2) is 4.98 Å². The second-order valence-corrected chi connectivity index (χ2v) is 7.93. The van der Waals surface area contributed by atoms with Crippen LogP contribution >= 0.6 is 23.1 Å². The van der Waals surface area contributed by atoms with Crippen LogP contribution in [0.15, 0.2) is 60.0 Å². The van der Waals surface area contributed by atoms with E-state index in [2.05, 4.69) is 10.3 Å². The average molecular weight is 427 g/mol. The van der Waals surface area contributed by atoms with E-state index in [9.17, 15) is 4.79 Å². The van der Waals surface area contributed by atoms with Crippen LogP contribution in [0.1, 0.15) is 16.8 Å². The van der Waals surface area contributed by atoms with Gasteiger partial charge >= 0.3 is 0 Å². The highest BCUT2D eigenvalue weighted by Crippen LogP contribution is 2.27. The van der Waals surface area contributed by atoms with Crippen LogP contribution < -0.4 is 14.8 Å². The van der Waals surface area contributed by atoms with E-state index in [0.29, 0.717) is 5.13 Å². The van der Waals surface area contributed by atoms with Crippen molar-refractivity contribution in [2.24, 2.45) is 0 Å². The number of carbonyl (C=O) groups is 1. The molecule has 29 heavy (non-hydrogen) atoms. The van der Waals surface area contributed by atoms with E-state index in [4.69, 9.17) is 9.47 Å². The molecule has 0 aliphatic heterocycles. The smallest absolute Gasteiger partial charge is 0.250 e. The molecule has 1 heterocycles. The summed E-state index contributed by atoms with van der Waals surface area (Å²) in [7, 11) is 3.29. The first kappa shape index (κ1) is 21.0. The summed E-state index contributed by atoms with van der Waals surface area (Å²) in [6.45, 7) is 0. The molecule has 7 heteroatoms. The van der Waals surface area contributed by atoms with Gasteiger partial charge in [0, 0.05) is 29.0 Å². The van der Waals surface area contributed by atoms with Gasteiger partial charge in [-0.05, 0) is 29.3 Å². The van der Waals surface area contributed by atoms with Crippen molar-refractivity contribution in [2.75, 3.05) is 19.5 Å². The number of amides is 1. The van der Waals surface area contributed by atoms with Crippen molar-refractivity contribution in [3.05, 3.63) is 76.8 Å². The van der Waals surface area contributed by atoms with Crippen LogP contribution in [-0.4, -0.2) is 25.1 Å². The van der Waals surface area contributed by atoms with E-state index in [1.54, 1.807) is 32.1 Å². The summed E-state index contributed by atoms with van der Waals surface area (Å²) in [5.41, 5.74) is 3.05. The van der Waals surface area contributed by atoms with Gasteiger partial charge in [0.05, 0.1) is 19.9 Å². The molecule has 1 N–H and O–H groups in total. The third kappa shape index (κ3) is 6.66. The van der Waals surface area contributed by atoms with Crippen LogP contribution in [0.25, 0.3) is 6.08 Å². The molecule has 1 amide bonds. The summed E-state index contributed by atoms with van der Waals surface area (Å²) in [5, 5.41) is 5.38. The molecule has 5 nitrogen and oxygen atoms in total. The third-order valence-electron chi connectivity index (χ3n) is 3.94. The predicted octanol–water partition coefficient (Wildman–Crippen LogP) is 5.25. The molecule has 1 aromatic heterocycles. The molecule has 2 aromatic carbocycles. The van der Waals surface area contributed by atoms with E-state index < -0.39 is 0 Å². The Hall–Kier alpha value is -2.77. The number of nitrogens with zero attached hydrogens (tertiary/aromatic N) is 1. The van der Waals surface area contributed by atoms with E-state index in [1.807, 2.05) is 53.9 Å². The minimum Gasteiger partial charge on any atom is -0.497 e. The number of thioether (sulfide) groups is 1. The van der Waals surface area contributed by atoms with Gasteiger partial charge in [-0.3, -0.25) is 10.1 Å². The quantitative estimate of drug-likeness (QED) is 0.474. The highest BCUT2D eigenvalue weighted by atomic mass is 32.2. The highest BCUT2D eigenvalue weighted by molar-refractivity contribution is 7.97. The summed E-state index contributed by atoms with van der Waals surface area (Å²) in [5.74, 6) is 2.94. The molecule has 0 fully saturated rings. The maximum absolute atomic E-state index is 12.1. The lowest BCUT2D eigenvalue weighted by Crippen LogP contribution is -2.07. The fourth-order valence-corrected chi connectivity index (χ4v) is 4.22. The van der Waals surface area contributed by atoms with Crippen LogP contribution in [0.5, 0.6) is 11.5 Å². The zero-order chi connectivity index (χ0) is 20.5. The maximum Gasteiger partial charge on any atom is 0.250 e. The van der Waals surface area contributed by atoms with E-state index in [-0.39, 0.29) is 5.91 Å². The van der Waals surface area contributed by atoms with Crippen LogP contribution in [0.2, 0.25) is 0 Å². The molecule has 3 rings (SSSR count). The molecular formula is C22H22N2O3S2. The van der Waals surface area contributed by atoms with Gasteiger partial charge in [0.15, 0.2) is 5.13 Å². The van der Waals surface area contributed by atoms with Gasteiger partial charge in [0.1, 0.15) is 11.5 Å². The van der Waals surface area contributed by atoms with Gasteiger partial charge in [0.25, 0.3) is 0 Å². The monoisotopic (exact) mass is 426 g/mol. The van der Waals surface area contributed by atoms with Crippen molar-refractivity contribution in [2.45, 2.75) is 11.5 Å². The molecule has 0 saturated carbocycles. The number of carbonyl (C=O) groups excluding carboxylic acids is 1. The molecule has 0 spiro atoms. The Morgan fingerprint density at radius 3 is 2.52 bits per heavy atom. The predicted molar refractivity (Wildman–Crippen MR) is 121 cm³/mol. The number of hydrogen-bond acceptors (Lipinski definition) is 6. The third-order valence-corrected chi connectivity index (χ3v) is 5.78. The van der Waals surface area contributed by atoms with E-state index >= 15 is 0 Å². The van der Waals surface area contributed by atoms with Crippen molar-refractivity contribution in [1.82, 2.24) is 4.98 Å². The zero-order valence-electron chi connectivity index (χ0n) is 16.3. The first-order chi connectivity index (χ1) is 14.2. The number of aromatic nitrogens is 1. The minimum absolute atomic E-state index is 0.189. The molecule has 0 bridgehead atoms. The molecule has 0 aliphatic carbocycles.